The molecule has 7 amide bonds. The van der Waals surface area contributed by atoms with Crippen LogP contribution in [0.3, 0.4) is 0 Å². The quantitative estimate of drug-likeness (QED) is 0.0447. The second-order valence-corrected chi connectivity index (χ2v) is 18.6. The highest BCUT2D eigenvalue weighted by Crippen LogP contribution is 2.30. The van der Waals surface area contributed by atoms with Crippen molar-refractivity contribution in [3.63, 3.8) is 0 Å². The molecule has 3 aromatic carbocycles. The maximum atomic E-state index is 15.0. The van der Waals surface area contributed by atoms with Gasteiger partial charge in [0.1, 0.15) is 36.3 Å². The van der Waals surface area contributed by atoms with Crippen molar-refractivity contribution in [3.05, 3.63) is 107 Å². The maximum absolute atomic E-state index is 15.0. The number of rotatable bonds is 29. The molecule has 22 heteroatoms. The molecule has 1 saturated carbocycles. The highest BCUT2D eigenvalue weighted by atomic mass is 35.5. The van der Waals surface area contributed by atoms with Gasteiger partial charge in [-0.3, -0.25) is 47.9 Å². The van der Waals surface area contributed by atoms with E-state index in [-0.39, 0.29) is 24.6 Å². The first-order valence-electron chi connectivity index (χ1n) is 24.0. The minimum Gasteiger partial charge on any atom is -0.481 e. The molecule has 0 heterocycles. The monoisotopic (exact) mass is 1050 g/mol. The molecule has 0 bridgehead atoms. The number of carboxylic acid groups (broad SMARTS) is 3. The first-order valence-corrected chi connectivity index (χ1v) is 25.0. The second kappa shape index (κ2) is 30.1. The molecule has 20 nitrogen and oxygen atoms in total. The number of benzene rings is 3. The third-order valence-electron chi connectivity index (χ3n) is 12.3. The zero-order chi connectivity index (χ0) is 53.5. The van der Waals surface area contributed by atoms with Gasteiger partial charge in [-0.25, -0.2) is 0 Å². The van der Waals surface area contributed by atoms with E-state index < -0.39 is 134 Å². The predicted molar refractivity (Wildman–Crippen MR) is 271 cm³/mol. The molecule has 0 unspecified atom stereocenters. The molecule has 0 aliphatic heterocycles. The summed E-state index contributed by atoms with van der Waals surface area (Å²) in [5.41, 5.74) is 1.74. The lowest BCUT2D eigenvalue weighted by Crippen LogP contribution is -2.61. The molecule has 0 saturated heterocycles. The van der Waals surface area contributed by atoms with Gasteiger partial charge in [-0.05, 0) is 54.4 Å². The number of carbonyl (C=O) groups excluding carboxylic acids is 7. The van der Waals surface area contributed by atoms with Crippen molar-refractivity contribution in [3.8, 4) is 0 Å². The normalized spacial score (nSPS) is 14.9. The van der Waals surface area contributed by atoms with E-state index in [0.29, 0.717) is 22.6 Å². The Balaban J connectivity index is 1.69. The Morgan fingerprint density at radius 3 is 1.56 bits per heavy atom. The molecule has 0 radical (unpaired) electrons. The Labute approximate surface area is 433 Å². The van der Waals surface area contributed by atoms with Gasteiger partial charge in [0, 0.05) is 43.0 Å². The molecule has 394 valence electrons. The zero-order valence-electron chi connectivity index (χ0n) is 40.4. The summed E-state index contributed by atoms with van der Waals surface area (Å²) in [6.07, 6.45) is 1.53. The standard InChI is InChI=1S/C51H64ClN7O13S/c1-30(60)54-39(28-43(65)66)50(71)55-37(22-24-42(63)64)48(69)59-45(44(33-16-7-3-8-17-33)34-18-9-4-10-19-34)51(72)56-36(21-23-41(61)62)47(68)57-38(27-31-13-5-2-6-14-31)49(70)58-40(29-73)46(67)53-26-25-32-15-11-12-20-35(32)52/h3-4,7-12,15-20,31,36-40,44-45,73H,2,5-6,13-14,21-29H2,1H3,(H,53,67)(H,54,60)(H,55,71)(H,56,72)(H,57,68)(H,58,70)(H,59,69)(H,61,62)(H,63,64)(H,65,66)/t36-,37-,38-,39-,40-,45-/m0/s1. The number of hydrogen-bond donors (Lipinski definition) is 11. The highest BCUT2D eigenvalue weighted by Gasteiger charge is 2.39. The lowest BCUT2D eigenvalue weighted by Gasteiger charge is -2.32. The summed E-state index contributed by atoms with van der Waals surface area (Å²) in [5.74, 6) is -11.6. The van der Waals surface area contributed by atoms with Gasteiger partial charge in [0.05, 0.1) is 6.42 Å². The molecule has 6 atom stereocenters. The van der Waals surface area contributed by atoms with Gasteiger partial charge in [0.15, 0.2) is 0 Å². The van der Waals surface area contributed by atoms with Gasteiger partial charge >= 0.3 is 17.9 Å². The van der Waals surface area contributed by atoms with Crippen molar-refractivity contribution >= 4 is 83.5 Å². The van der Waals surface area contributed by atoms with Crippen LogP contribution in [0.25, 0.3) is 0 Å². The topological polar surface area (TPSA) is 316 Å². The van der Waals surface area contributed by atoms with Crippen molar-refractivity contribution < 1.29 is 63.3 Å². The number of carboxylic acids is 3. The fourth-order valence-corrected chi connectivity index (χ4v) is 9.05. The summed E-state index contributed by atoms with van der Waals surface area (Å²) in [7, 11) is 0. The van der Waals surface area contributed by atoms with E-state index in [1.54, 1.807) is 72.8 Å². The van der Waals surface area contributed by atoms with Crippen LogP contribution in [-0.4, -0.2) is 123 Å². The Morgan fingerprint density at radius 2 is 1.04 bits per heavy atom. The molecule has 73 heavy (non-hydrogen) atoms. The summed E-state index contributed by atoms with van der Waals surface area (Å²) in [5, 5.41) is 47.3. The van der Waals surface area contributed by atoms with Crippen molar-refractivity contribution in [2.45, 2.75) is 126 Å². The van der Waals surface area contributed by atoms with Gasteiger partial charge in [0.25, 0.3) is 0 Å². The summed E-state index contributed by atoms with van der Waals surface area (Å²) in [6.45, 7) is 1.23. The Kier molecular flexibility index (Phi) is 24.2. The minimum atomic E-state index is -1.73. The van der Waals surface area contributed by atoms with Crippen LogP contribution in [0.2, 0.25) is 5.02 Å². The number of thiol groups is 1. The van der Waals surface area contributed by atoms with Crippen LogP contribution < -0.4 is 37.2 Å². The Hall–Kier alpha value is -7.00. The van der Waals surface area contributed by atoms with Crippen molar-refractivity contribution in [2.75, 3.05) is 12.3 Å². The molecule has 10 N–H and O–H groups in total. The molecular weight excluding hydrogens is 986 g/mol. The van der Waals surface area contributed by atoms with Crippen LogP contribution in [0.5, 0.6) is 0 Å². The average Bonchev–Trinajstić information content (AvgIpc) is 3.35. The van der Waals surface area contributed by atoms with E-state index in [9.17, 15) is 63.3 Å². The third kappa shape index (κ3) is 19.9. The van der Waals surface area contributed by atoms with E-state index >= 15 is 0 Å². The van der Waals surface area contributed by atoms with Gasteiger partial charge in [-0.1, -0.05) is 123 Å². The van der Waals surface area contributed by atoms with Crippen LogP contribution in [0.15, 0.2) is 84.9 Å². The number of amides is 7. The molecule has 3 aromatic rings. The molecule has 0 aromatic heterocycles. The number of hydrogen-bond acceptors (Lipinski definition) is 11. The highest BCUT2D eigenvalue weighted by molar-refractivity contribution is 7.80. The summed E-state index contributed by atoms with van der Waals surface area (Å²) in [6, 6.07) is 14.7. The first kappa shape index (κ1) is 58.6. The maximum Gasteiger partial charge on any atom is 0.305 e. The number of halogens is 1. The van der Waals surface area contributed by atoms with E-state index in [1.807, 2.05) is 12.1 Å². The molecule has 4 rings (SSSR count). The van der Waals surface area contributed by atoms with E-state index in [0.717, 1.165) is 44.6 Å². The predicted octanol–water partition coefficient (Wildman–Crippen LogP) is 2.86. The fourth-order valence-electron chi connectivity index (χ4n) is 8.56. The molecule has 1 fully saturated rings. The minimum absolute atomic E-state index is 0.0138. The summed E-state index contributed by atoms with van der Waals surface area (Å²) >= 11 is 10.6. The number of carbonyl (C=O) groups is 10. The zero-order valence-corrected chi connectivity index (χ0v) is 42.0. The molecule has 1 aliphatic rings. The van der Waals surface area contributed by atoms with Crippen LogP contribution in [0.4, 0.5) is 0 Å². The first-order chi connectivity index (χ1) is 34.9. The fraction of sp³-hybridized carbons (Fsp3) is 0.451. The van der Waals surface area contributed by atoms with Gasteiger partial charge in [0.2, 0.25) is 41.4 Å². The lowest BCUT2D eigenvalue weighted by molar-refractivity contribution is -0.141. The smallest absolute Gasteiger partial charge is 0.305 e. The summed E-state index contributed by atoms with van der Waals surface area (Å²) in [4.78, 5) is 132. The van der Waals surface area contributed by atoms with Gasteiger partial charge in [-0.15, -0.1) is 0 Å². The van der Waals surface area contributed by atoms with Crippen LogP contribution in [0.1, 0.15) is 100 Å². The molecule has 0 spiro atoms. The summed E-state index contributed by atoms with van der Waals surface area (Å²) < 4.78 is 0. The van der Waals surface area contributed by atoms with Crippen molar-refractivity contribution in [1.29, 1.82) is 0 Å². The van der Waals surface area contributed by atoms with Gasteiger partial charge in [-0.2, -0.15) is 12.6 Å². The van der Waals surface area contributed by atoms with E-state index in [2.05, 4.69) is 49.8 Å². The largest absolute Gasteiger partial charge is 0.481 e. The van der Waals surface area contributed by atoms with Crippen LogP contribution in [0, 0.1) is 5.92 Å². The number of aliphatic carboxylic acids is 3. The Bertz CT molecular complexity index is 2340. The third-order valence-corrected chi connectivity index (χ3v) is 13.0. The van der Waals surface area contributed by atoms with E-state index in [4.69, 9.17) is 11.6 Å². The molecular formula is C51H64ClN7O13S. The Morgan fingerprint density at radius 1 is 0.562 bits per heavy atom. The van der Waals surface area contributed by atoms with E-state index in [1.165, 1.54) is 0 Å². The van der Waals surface area contributed by atoms with Crippen LogP contribution in [-0.2, 0) is 54.4 Å². The molecule has 1 aliphatic carbocycles. The van der Waals surface area contributed by atoms with Crippen molar-refractivity contribution in [1.82, 2.24) is 37.2 Å². The van der Waals surface area contributed by atoms with Crippen molar-refractivity contribution in [2.24, 2.45) is 5.92 Å². The lowest BCUT2D eigenvalue weighted by atomic mass is 9.84. The van der Waals surface area contributed by atoms with Crippen LogP contribution >= 0.6 is 24.2 Å². The number of nitrogens with one attached hydrogen (secondary N) is 7. The average molecular weight is 1050 g/mol. The second-order valence-electron chi connectivity index (χ2n) is 17.8. The van der Waals surface area contributed by atoms with Gasteiger partial charge < -0.3 is 52.5 Å². The SMILES string of the molecule is CC(=O)N[C@@H](CC(=O)O)C(=O)N[C@@H](CCC(=O)O)C(=O)N[C@H](C(=O)N[C@@H](CCC(=O)O)C(=O)N[C@@H](CC1CCCCC1)C(=O)N[C@@H](CS)C(=O)NCCc1ccccc1Cl)C(c1ccccc1)c1ccccc1.